The predicted molar refractivity (Wildman–Crippen MR) is 52.4 cm³/mol. The van der Waals surface area contributed by atoms with Crippen molar-refractivity contribution in [1.29, 1.82) is 0 Å². The average Bonchev–Trinajstić information content (AvgIpc) is 2.64. The first-order valence-corrected chi connectivity index (χ1v) is 5.10. The summed E-state index contributed by atoms with van der Waals surface area (Å²) in [6.45, 7) is 1.56. The molecule has 2 heterocycles. The van der Waals surface area contributed by atoms with E-state index in [0.717, 1.165) is 23.1 Å². The van der Waals surface area contributed by atoms with E-state index in [4.69, 9.17) is 0 Å². The molecule has 0 bridgehead atoms. The van der Waals surface area contributed by atoms with Gasteiger partial charge in [-0.15, -0.1) is 0 Å². The molecule has 1 aliphatic rings. The molecule has 1 fully saturated rings. The predicted octanol–water partition coefficient (Wildman–Crippen LogP) is 0.439. The number of hydrogen-bond donors (Lipinski definition) is 3. The molecule has 4 nitrogen and oxygen atoms in total. The molecule has 0 spiro atoms. The SMILES string of the molecule is OC1(Cc2[nH]ncc2Br)CCNC1. The van der Waals surface area contributed by atoms with E-state index >= 15 is 0 Å². The van der Waals surface area contributed by atoms with Crippen molar-refractivity contribution >= 4 is 15.9 Å². The number of aromatic amines is 1. The Hall–Kier alpha value is -0.390. The maximum Gasteiger partial charge on any atom is 0.0838 e. The summed E-state index contributed by atoms with van der Waals surface area (Å²) >= 11 is 3.37. The second kappa shape index (κ2) is 3.40. The quantitative estimate of drug-likeness (QED) is 0.709. The summed E-state index contributed by atoms with van der Waals surface area (Å²) < 4.78 is 0.938. The van der Waals surface area contributed by atoms with Crippen LogP contribution in [-0.2, 0) is 6.42 Å². The molecule has 1 atom stereocenters. The first-order valence-electron chi connectivity index (χ1n) is 4.30. The topological polar surface area (TPSA) is 60.9 Å². The highest BCUT2D eigenvalue weighted by molar-refractivity contribution is 9.10. The molecule has 0 radical (unpaired) electrons. The number of aromatic nitrogens is 2. The number of nitrogens with one attached hydrogen (secondary N) is 2. The zero-order valence-electron chi connectivity index (χ0n) is 7.18. The van der Waals surface area contributed by atoms with E-state index in [9.17, 15) is 5.11 Å². The summed E-state index contributed by atoms with van der Waals surface area (Å²) in [6, 6.07) is 0. The van der Waals surface area contributed by atoms with Crippen LogP contribution >= 0.6 is 15.9 Å². The van der Waals surface area contributed by atoms with Crippen LogP contribution in [0.2, 0.25) is 0 Å². The Balaban J connectivity index is 2.09. The highest BCUT2D eigenvalue weighted by Gasteiger charge is 2.32. The van der Waals surface area contributed by atoms with Gasteiger partial charge in [0.15, 0.2) is 0 Å². The second-order valence-electron chi connectivity index (χ2n) is 3.52. The van der Waals surface area contributed by atoms with Crippen LogP contribution in [0.1, 0.15) is 12.1 Å². The molecule has 13 heavy (non-hydrogen) atoms. The Bertz CT molecular complexity index is 293. The van der Waals surface area contributed by atoms with Crippen LogP contribution in [0, 0.1) is 0 Å². The number of nitrogens with zero attached hydrogens (tertiary/aromatic N) is 1. The smallest absolute Gasteiger partial charge is 0.0838 e. The zero-order valence-corrected chi connectivity index (χ0v) is 8.76. The van der Waals surface area contributed by atoms with E-state index in [-0.39, 0.29) is 0 Å². The van der Waals surface area contributed by atoms with Crippen molar-refractivity contribution in [2.24, 2.45) is 0 Å². The summed E-state index contributed by atoms with van der Waals surface area (Å²) in [5.74, 6) is 0. The van der Waals surface area contributed by atoms with Crippen LogP contribution in [0.25, 0.3) is 0 Å². The van der Waals surface area contributed by atoms with Gasteiger partial charge in [0.1, 0.15) is 0 Å². The van der Waals surface area contributed by atoms with Gasteiger partial charge in [-0.25, -0.2) is 0 Å². The van der Waals surface area contributed by atoms with Crippen molar-refractivity contribution in [2.75, 3.05) is 13.1 Å². The molecule has 1 aromatic heterocycles. The van der Waals surface area contributed by atoms with Gasteiger partial charge in [-0.2, -0.15) is 5.10 Å². The number of β-amino-alcohol motifs (C(OH)–C–C–N with tert-alkyl or cyclic N) is 1. The lowest BCUT2D eigenvalue weighted by atomic mass is 9.97. The first-order chi connectivity index (χ1) is 6.20. The van der Waals surface area contributed by atoms with Gasteiger partial charge in [-0.3, -0.25) is 5.10 Å². The third-order valence-corrected chi connectivity index (χ3v) is 3.08. The van der Waals surface area contributed by atoms with Crippen LogP contribution in [0.4, 0.5) is 0 Å². The molecular formula is C8H12BrN3O. The minimum absolute atomic E-state index is 0.602. The van der Waals surface area contributed by atoms with Gasteiger partial charge in [-0.05, 0) is 28.9 Å². The molecule has 0 aliphatic carbocycles. The molecule has 0 aromatic carbocycles. The molecule has 1 aromatic rings. The molecular weight excluding hydrogens is 234 g/mol. The Morgan fingerprint density at radius 3 is 3.08 bits per heavy atom. The first kappa shape index (κ1) is 9.18. The van der Waals surface area contributed by atoms with E-state index in [0.29, 0.717) is 13.0 Å². The normalized spacial score (nSPS) is 28.2. The molecule has 0 saturated carbocycles. The standard InChI is InChI=1S/C8H12BrN3O/c9-6-4-11-12-7(6)3-8(13)1-2-10-5-8/h4,10,13H,1-3,5H2,(H,11,12). The van der Waals surface area contributed by atoms with Crippen molar-refractivity contribution in [2.45, 2.75) is 18.4 Å². The maximum absolute atomic E-state index is 10.1. The summed E-state index contributed by atoms with van der Waals surface area (Å²) in [5.41, 5.74) is 0.362. The van der Waals surface area contributed by atoms with E-state index in [1.165, 1.54) is 0 Å². The van der Waals surface area contributed by atoms with Gasteiger partial charge in [0, 0.05) is 13.0 Å². The van der Waals surface area contributed by atoms with Gasteiger partial charge < -0.3 is 10.4 Å². The molecule has 3 N–H and O–H groups in total. The third kappa shape index (κ3) is 1.92. The largest absolute Gasteiger partial charge is 0.388 e. The van der Waals surface area contributed by atoms with Gasteiger partial charge in [-0.1, -0.05) is 0 Å². The van der Waals surface area contributed by atoms with Gasteiger partial charge >= 0.3 is 0 Å². The van der Waals surface area contributed by atoms with E-state index in [2.05, 4.69) is 31.4 Å². The Labute approximate surface area is 84.9 Å². The van der Waals surface area contributed by atoms with Crippen LogP contribution in [0.5, 0.6) is 0 Å². The summed E-state index contributed by atoms with van der Waals surface area (Å²) in [4.78, 5) is 0. The molecule has 72 valence electrons. The summed E-state index contributed by atoms with van der Waals surface area (Å²) in [7, 11) is 0. The zero-order chi connectivity index (χ0) is 9.31. The highest BCUT2D eigenvalue weighted by atomic mass is 79.9. The number of aliphatic hydroxyl groups is 1. The van der Waals surface area contributed by atoms with E-state index in [1.54, 1.807) is 6.20 Å². The minimum atomic E-state index is -0.602. The summed E-state index contributed by atoms with van der Waals surface area (Å²) in [6.07, 6.45) is 3.14. The van der Waals surface area contributed by atoms with Gasteiger partial charge in [0.2, 0.25) is 0 Å². The van der Waals surface area contributed by atoms with Crippen LogP contribution in [0.15, 0.2) is 10.7 Å². The lowest BCUT2D eigenvalue weighted by molar-refractivity contribution is 0.0607. The van der Waals surface area contributed by atoms with Gasteiger partial charge in [0.05, 0.1) is 22.0 Å². The summed E-state index contributed by atoms with van der Waals surface area (Å²) in [5, 5.41) is 20.0. The second-order valence-corrected chi connectivity index (χ2v) is 4.38. The Morgan fingerprint density at radius 1 is 1.69 bits per heavy atom. The van der Waals surface area contributed by atoms with E-state index in [1.807, 2.05) is 0 Å². The highest BCUT2D eigenvalue weighted by Crippen LogP contribution is 2.23. The molecule has 5 heteroatoms. The fraction of sp³-hybridized carbons (Fsp3) is 0.625. The van der Waals surface area contributed by atoms with E-state index < -0.39 is 5.60 Å². The number of hydrogen-bond acceptors (Lipinski definition) is 3. The average molecular weight is 246 g/mol. The third-order valence-electron chi connectivity index (χ3n) is 2.39. The van der Waals surface area contributed by atoms with Crippen LogP contribution in [-0.4, -0.2) is 34.0 Å². The molecule has 1 unspecified atom stereocenters. The van der Waals surface area contributed by atoms with Crippen molar-refractivity contribution in [3.63, 3.8) is 0 Å². The minimum Gasteiger partial charge on any atom is -0.388 e. The van der Waals surface area contributed by atoms with Crippen molar-refractivity contribution in [3.05, 3.63) is 16.4 Å². The van der Waals surface area contributed by atoms with Gasteiger partial charge in [0.25, 0.3) is 0 Å². The van der Waals surface area contributed by atoms with Crippen molar-refractivity contribution in [3.8, 4) is 0 Å². The number of rotatable bonds is 2. The molecule has 0 amide bonds. The fourth-order valence-corrected chi connectivity index (χ4v) is 1.96. The Morgan fingerprint density at radius 2 is 2.54 bits per heavy atom. The molecule has 2 rings (SSSR count). The monoisotopic (exact) mass is 245 g/mol. The number of halogens is 1. The fourth-order valence-electron chi connectivity index (χ4n) is 1.63. The van der Waals surface area contributed by atoms with Crippen molar-refractivity contribution < 1.29 is 5.11 Å². The number of H-pyrrole nitrogens is 1. The lowest BCUT2D eigenvalue weighted by Crippen LogP contribution is -2.34. The lowest BCUT2D eigenvalue weighted by Gasteiger charge is -2.20. The van der Waals surface area contributed by atoms with Crippen molar-refractivity contribution in [1.82, 2.24) is 15.5 Å². The molecule has 1 aliphatic heterocycles. The Kier molecular flexibility index (Phi) is 2.40. The molecule has 1 saturated heterocycles. The van der Waals surface area contributed by atoms with Crippen LogP contribution < -0.4 is 5.32 Å². The van der Waals surface area contributed by atoms with Crippen LogP contribution in [0.3, 0.4) is 0 Å². The maximum atomic E-state index is 10.1.